The molecule has 0 aliphatic carbocycles. The van der Waals surface area contributed by atoms with E-state index in [4.69, 9.17) is 4.74 Å². The van der Waals surface area contributed by atoms with Crippen LogP contribution in [-0.2, 0) is 11.0 Å². The van der Waals surface area contributed by atoms with Crippen LogP contribution in [-0.4, -0.2) is 31.1 Å². The standard InChI is InChI=1S/C15H19F3N2O2.ClH/c1-10-7-12(5-6-19-10)20-14(21)9-22-13-4-2-3-11(8-13)15(16,17)18;/h2-4,8,10,12,19H,5-7,9H2,1H3,(H,20,21);1H. The topological polar surface area (TPSA) is 50.4 Å². The molecule has 1 heterocycles. The lowest BCUT2D eigenvalue weighted by molar-refractivity contribution is -0.137. The van der Waals surface area contributed by atoms with E-state index in [1.165, 1.54) is 12.1 Å². The summed E-state index contributed by atoms with van der Waals surface area (Å²) in [6, 6.07) is 4.92. The Morgan fingerprint density at radius 3 is 2.83 bits per heavy atom. The number of carbonyl (C=O) groups is 1. The third-order valence-corrected chi connectivity index (χ3v) is 3.52. The van der Waals surface area contributed by atoms with Gasteiger partial charge in [-0.3, -0.25) is 4.79 Å². The maximum Gasteiger partial charge on any atom is 0.416 e. The molecule has 2 atom stereocenters. The molecule has 1 aliphatic heterocycles. The van der Waals surface area contributed by atoms with Crippen LogP contribution in [0.2, 0.25) is 0 Å². The lowest BCUT2D eigenvalue weighted by Crippen LogP contribution is -2.47. The van der Waals surface area contributed by atoms with Gasteiger partial charge >= 0.3 is 6.18 Å². The molecule has 1 amide bonds. The Labute approximate surface area is 139 Å². The number of benzene rings is 1. The Balaban J connectivity index is 0.00000264. The van der Waals surface area contributed by atoms with Crippen molar-refractivity contribution in [1.29, 1.82) is 0 Å². The highest BCUT2D eigenvalue weighted by Crippen LogP contribution is 2.31. The second-order valence-electron chi connectivity index (χ2n) is 5.46. The summed E-state index contributed by atoms with van der Waals surface area (Å²) < 4.78 is 42.9. The molecule has 1 aliphatic rings. The molecule has 0 spiro atoms. The molecular formula is C15H20ClF3N2O2. The quantitative estimate of drug-likeness (QED) is 0.876. The first-order valence-electron chi connectivity index (χ1n) is 7.17. The van der Waals surface area contributed by atoms with Crippen LogP contribution in [0.25, 0.3) is 0 Å². The van der Waals surface area contributed by atoms with Crippen molar-refractivity contribution in [2.45, 2.75) is 38.0 Å². The molecule has 2 unspecified atom stereocenters. The summed E-state index contributed by atoms with van der Waals surface area (Å²) >= 11 is 0. The van der Waals surface area contributed by atoms with Crippen LogP contribution in [0.15, 0.2) is 24.3 Å². The molecule has 1 saturated heterocycles. The Morgan fingerprint density at radius 1 is 1.43 bits per heavy atom. The van der Waals surface area contributed by atoms with E-state index in [-0.39, 0.29) is 36.7 Å². The van der Waals surface area contributed by atoms with E-state index < -0.39 is 11.7 Å². The zero-order chi connectivity index (χ0) is 16.2. The Bertz CT molecular complexity index is 526. The van der Waals surface area contributed by atoms with Crippen molar-refractivity contribution in [3.63, 3.8) is 0 Å². The molecule has 23 heavy (non-hydrogen) atoms. The van der Waals surface area contributed by atoms with E-state index in [0.717, 1.165) is 31.5 Å². The van der Waals surface area contributed by atoms with Crippen molar-refractivity contribution < 1.29 is 22.7 Å². The zero-order valence-electron chi connectivity index (χ0n) is 12.7. The molecule has 2 N–H and O–H groups in total. The number of ether oxygens (including phenoxy) is 1. The van der Waals surface area contributed by atoms with Crippen LogP contribution in [0.4, 0.5) is 13.2 Å². The van der Waals surface area contributed by atoms with Gasteiger partial charge in [-0.05, 0) is 44.5 Å². The summed E-state index contributed by atoms with van der Waals surface area (Å²) in [5.74, 6) is -0.292. The molecule has 0 saturated carbocycles. The van der Waals surface area contributed by atoms with Crippen LogP contribution >= 0.6 is 12.4 Å². The monoisotopic (exact) mass is 352 g/mol. The summed E-state index contributed by atoms with van der Waals surface area (Å²) in [7, 11) is 0. The van der Waals surface area contributed by atoms with E-state index in [9.17, 15) is 18.0 Å². The van der Waals surface area contributed by atoms with E-state index in [2.05, 4.69) is 10.6 Å². The lowest BCUT2D eigenvalue weighted by atomic mass is 10.0. The fourth-order valence-electron chi connectivity index (χ4n) is 2.44. The van der Waals surface area contributed by atoms with Gasteiger partial charge in [0.05, 0.1) is 5.56 Å². The highest BCUT2D eigenvalue weighted by atomic mass is 35.5. The van der Waals surface area contributed by atoms with Crippen LogP contribution in [0.1, 0.15) is 25.3 Å². The number of carbonyl (C=O) groups excluding carboxylic acids is 1. The van der Waals surface area contributed by atoms with Crippen LogP contribution in [0.3, 0.4) is 0 Å². The largest absolute Gasteiger partial charge is 0.484 e. The average molecular weight is 353 g/mol. The minimum absolute atomic E-state index is 0. The zero-order valence-corrected chi connectivity index (χ0v) is 13.5. The number of halogens is 4. The maximum absolute atomic E-state index is 12.6. The first-order chi connectivity index (χ1) is 10.3. The lowest BCUT2D eigenvalue weighted by Gasteiger charge is -2.28. The van der Waals surface area contributed by atoms with Gasteiger partial charge in [-0.1, -0.05) is 6.07 Å². The molecule has 130 valence electrons. The second-order valence-corrected chi connectivity index (χ2v) is 5.46. The summed E-state index contributed by atoms with van der Waals surface area (Å²) in [4.78, 5) is 11.8. The molecular weight excluding hydrogens is 333 g/mol. The summed E-state index contributed by atoms with van der Waals surface area (Å²) in [5, 5.41) is 6.11. The predicted molar refractivity (Wildman–Crippen MR) is 82.8 cm³/mol. The number of alkyl halides is 3. The molecule has 1 aromatic carbocycles. The summed E-state index contributed by atoms with van der Waals surface area (Å²) in [5.41, 5.74) is -0.794. The number of piperidine rings is 1. The van der Waals surface area contributed by atoms with Crippen LogP contribution in [0, 0.1) is 0 Å². The van der Waals surface area contributed by atoms with Crippen molar-refractivity contribution in [2.24, 2.45) is 0 Å². The molecule has 1 fully saturated rings. The number of hydrogen-bond donors (Lipinski definition) is 2. The van der Waals surface area contributed by atoms with Crippen LogP contribution in [0.5, 0.6) is 5.75 Å². The van der Waals surface area contributed by atoms with E-state index >= 15 is 0 Å². The molecule has 0 radical (unpaired) electrons. The molecule has 2 rings (SSSR count). The van der Waals surface area contributed by atoms with Gasteiger partial charge in [0.25, 0.3) is 5.91 Å². The Morgan fingerprint density at radius 2 is 2.17 bits per heavy atom. The maximum atomic E-state index is 12.6. The van der Waals surface area contributed by atoms with Crippen molar-refractivity contribution in [1.82, 2.24) is 10.6 Å². The van der Waals surface area contributed by atoms with Gasteiger partial charge < -0.3 is 15.4 Å². The van der Waals surface area contributed by atoms with Gasteiger partial charge in [0.2, 0.25) is 0 Å². The normalized spacial score (nSPS) is 21.2. The number of rotatable bonds is 4. The Hall–Kier alpha value is -1.47. The van der Waals surface area contributed by atoms with Gasteiger partial charge in [-0.15, -0.1) is 12.4 Å². The number of nitrogens with one attached hydrogen (secondary N) is 2. The molecule has 1 aromatic rings. The third-order valence-electron chi connectivity index (χ3n) is 3.52. The average Bonchev–Trinajstić information content (AvgIpc) is 2.45. The van der Waals surface area contributed by atoms with Crippen LogP contribution < -0.4 is 15.4 Å². The highest BCUT2D eigenvalue weighted by Gasteiger charge is 2.30. The SMILES string of the molecule is CC1CC(NC(=O)COc2cccc(C(F)(F)F)c2)CCN1.Cl. The van der Waals surface area contributed by atoms with E-state index in [1.807, 2.05) is 6.92 Å². The Kier molecular flexibility index (Phi) is 7.15. The smallest absolute Gasteiger partial charge is 0.416 e. The first kappa shape index (κ1) is 19.6. The van der Waals surface area contributed by atoms with E-state index in [0.29, 0.717) is 6.04 Å². The van der Waals surface area contributed by atoms with Crippen molar-refractivity contribution in [3.8, 4) is 5.75 Å². The second kappa shape index (κ2) is 8.40. The summed E-state index contributed by atoms with van der Waals surface area (Å²) in [6.45, 7) is 2.58. The minimum Gasteiger partial charge on any atom is -0.484 e. The van der Waals surface area contributed by atoms with Gasteiger partial charge in [0, 0.05) is 12.1 Å². The highest BCUT2D eigenvalue weighted by molar-refractivity contribution is 5.85. The summed E-state index contributed by atoms with van der Waals surface area (Å²) in [6.07, 6.45) is -2.76. The van der Waals surface area contributed by atoms with Gasteiger partial charge in [0.1, 0.15) is 5.75 Å². The number of hydrogen-bond acceptors (Lipinski definition) is 3. The van der Waals surface area contributed by atoms with Gasteiger partial charge in [0.15, 0.2) is 6.61 Å². The molecule has 8 heteroatoms. The predicted octanol–water partition coefficient (Wildman–Crippen LogP) is 2.76. The third kappa shape index (κ3) is 6.27. The minimum atomic E-state index is -4.42. The fourth-order valence-corrected chi connectivity index (χ4v) is 2.44. The molecule has 4 nitrogen and oxygen atoms in total. The molecule has 0 aromatic heterocycles. The van der Waals surface area contributed by atoms with Crippen molar-refractivity contribution >= 4 is 18.3 Å². The fraction of sp³-hybridized carbons (Fsp3) is 0.533. The van der Waals surface area contributed by atoms with Gasteiger partial charge in [-0.2, -0.15) is 13.2 Å². The molecule has 0 bridgehead atoms. The number of amides is 1. The van der Waals surface area contributed by atoms with Gasteiger partial charge in [-0.25, -0.2) is 0 Å². The van der Waals surface area contributed by atoms with E-state index in [1.54, 1.807) is 0 Å². The van der Waals surface area contributed by atoms with Crippen molar-refractivity contribution in [2.75, 3.05) is 13.2 Å². The first-order valence-corrected chi connectivity index (χ1v) is 7.17. The van der Waals surface area contributed by atoms with Crippen molar-refractivity contribution in [3.05, 3.63) is 29.8 Å².